The fourth-order valence-electron chi connectivity index (χ4n) is 2.82. The van der Waals surface area contributed by atoms with Gasteiger partial charge in [0.15, 0.2) is 5.82 Å². The third-order valence-corrected chi connectivity index (χ3v) is 6.02. The first-order chi connectivity index (χ1) is 12.9. The van der Waals surface area contributed by atoms with Crippen LogP contribution in [-0.4, -0.2) is 68.3 Å². The Labute approximate surface area is 154 Å². The van der Waals surface area contributed by atoms with E-state index in [2.05, 4.69) is 20.6 Å². The largest absolute Gasteiger partial charge is 0.486 e. The summed E-state index contributed by atoms with van der Waals surface area (Å²) >= 11 is 0. The summed E-state index contributed by atoms with van der Waals surface area (Å²) in [5.41, 5.74) is 1.41. The molecule has 3 rings (SSSR count). The summed E-state index contributed by atoms with van der Waals surface area (Å²) in [5, 5.41) is 31.9. The fraction of sp³-hybridized carbons (Fsp3) is 0.429. The standard InChI is InChI=1S/C14H18N6O6S/c21-11-2-1-7-20(13(11)14(22)17-23)27(24,25)10-5-3-9(4-6-10)26-8-12-15-18-19-16-12/h3-6,11,13,21,23H,1-2,7-8H2,(H,17,22)(H,15,16,18,19)/t11-,13+/m0/s1. The summed E-state index contributed by atoms with van der Waals surface area (Å²) in [6.07, 6.45) is -0.561. The number of amides is 1. The number of nitrogens with zero attached hydrogens (tertiary/aromatic N) is 4. The first kappa shape index (κ1) is 19.2. The number of aromatic amines is 1. The highest BCUT2D eigenvalue weighted by molar-refractivity contribution is 7.89. The quantitative estimate of drug-likeness (QED) is 0.344. The van der Waals surface area contributed by atoms with Crippen molar-refractivity contribution in [1.82, 2.24) is 30.4 Å². The number of benzene rings is 1. The summed E-state index contributed by atoms with van der Waals surface area (Å²) in [6, 6.07) is 4.18. The fourth-order valence-corrected chi connectivity index (χ4v) is 4.48. The number of carbonyl (C=O) groups excluding carboxylic acids is 1. The Bertz CT molecular complexity index is 872. The lowest BCUT2D eigenvalue weighted by Gasteiger charge is -2.36. The van der Waals surface area contributed by atoms with Gasteiger partial charge in [-0.3, -0.25) is 10.0 Å². The Hall–Kier alpha value is -2.61. The summed E-state index contributed by atoms with van der Waals surface area (Å²) in [7, 11) is -4.07. The molecule has 27 heavy (non-hydrogen) atoms. The van der Waals surface area contributed by atoms with Gasteiger partial charge in [-0.25, -0.2) is 19.0 Å². The number of hydroxylamine groups is 1. The normalized spacial score (nSPS) is 21.0. The van der Waals surface area contributed by atoms with E-state index in [0.717, 1.165) is 4.31 Å². The highest BCUT2D eigenvalue weighted by Gasteiger charge is 2.42. The molecule has 0 spiro atoms. The number of piperidine rings is 1. The van der Waals surface area contributed by atoms with Gasteiger partial charge in [0.2, 0.25) is 10.0 Å². The summed E-state index contributed by atoms with van der Waals surface area (Å²) < 4.78 is 32.1. The van der Waals surface area contributed by atoms with Gasteiger partial charge in [-0.15, -0.1) is 5.10 Å². The zero-order valence-corrected chi connectivity index (χ0v) is 14.8. The maximum absolute atomic E-state index is 12.9. The first-order valence-electron chi connectivity index (χ1n) is 8.03. The van der Waals surface area contributed by atoms with Crippen molar-refractivity contribution in [3.63, 3.8) is 0 Å². The van der Waals surface area contributed by atoms with Crippen molar-refractivity contribution in [2.75, 3.05) is 6.54 Å². The maximum atomic E-state index is 12.9. The van der Waals surface area contributed by atoms with E-state index >= 15 is 0 Å². The van der Waals surface area contributed by atoms with Crippen molar-refractivity contribution in [3.8, 4) is 5.75 Å². The lowest BCUT2D eigenvalue weighted by molar-refractivity contribution is -0.138. The number of rotatable bonds is 6. The molecule has 0 aliphatic carbocycles. The van der Waals surface area contributed by atoms with Gasteiger partial charge in [-0.1, -0.05) is 0 Å². The molecule has 2 atom stereocenters. The molecule has 12 nitrogen and oxygen atoms in total. The summed E-state index contributed by atoms with van der Waals surface area (Å²) in [5.74, 6) is -0.174. The minimum atomic E-state index is -4.07. The molecule has 0 bridgehead atoms. The number of carbonyl (C=O) groups is 1. The predicted octanol–water partition coefficient (Wildman–Crippen LogP) is -1.20. The van der Waals surface area contributed by atoms with Crippen molar-refractivity contribution < 1.29 is 28.3 Å². The molecular weight excluding hydrogens is 380 g/mol. The first-order valence-corrected chi connectivity index (χ1v) is 9.47. The Morgan fingerprint density at radius 3 is 2.74 bits per heavy atom. The molecule has 4 N–H and O–H groups in total. The van der Waals surface area contributed by atoms with Crippen LogP contribution in [0, 0.1) is 0 Å². The molecule has 1 saturated heterocycles. The highest BCUT2D eigenvalue weighted by atomic mass is 32.2. The number of tetrazole rings is 1. The smallest absolute Gasteiger partial charge is 0.264 e. The minimum absolute atomic E-state index is 0.0498. The van der Waals surface area contributed by atoms with Crippen LogP contribution in [0.2, 0.25) is 0 Å². The average molecular weight is 398 g/mol. The number of H-pyrrole nitrogens is 1. The number of nitrogens with one attached hydrogen (secondary N) is 2. The third kappa shape index (κ3) is 4.05. The molecule has 1 aromatic carbocycles. The number of aliphatic hydroxyl groups excluding tert-OH is 1. The number of hydrogen-bond acceptors (Lipinski definition) is 9. The summed E-state index contributed by atoms with van der Waals surface area (Å²) in [4.78, 5) is 11.8. The molecule has 1 aliphatic heterocycles. The Morgan fingerprint density at radius 2 is 2.11 bits per heavy atom. The van der Waals surface area contributed by atoms with Gasteiger partial charge in [0.25, 0.3) is 5.91 Å². The minimum Gasteiger partial charge on any atom is -0.486 e. The van der Waals surface area contributed by atoms with Gasteiger partial charge in [0.05, 0.1) is 11.0 Å². The van der Waals surface area contributed by atoms with E-state index in [0.29, 0.717) is 18.0 Å². The predicted molar refractivity (Wildman–Crippen MR) is 87.8 cm³/mol. The van der Waals surface area contributed by atoms with E-state index < -0.39 is 28.1 Å². The van der Waals surface area contributed by atoms with Crippen molar-refractivity contribution in [2.24, 2.45) is 0 Å². The van der Waals surface area contributed by atoms with Crippen molar-refractivity contribution in [1.29, 1.82) is 0 Å². The van der Waals surface area contributed by atoms with Crippen LogP contribution in [-0.2, 0) is 21.4 Å². The van der Waals surface area contributed by atoms with E-state index in [1.54, 1.807) is 0 Å². The van der Waals surface area contributed by atoms with E-state index in [-0.39, 0.29) is 24.5 Å². The topological polar surface area (TPSA) is 171 Å². The number of aromatic nitrogens is 4. The zero-order chi connectivity index (χ0) is 19.4. The molecule has 2 heterocycles. The molecular formula is C14H18N6O6S. The van der Waals surface area contributed by atoms with E-state index in [4.69, 9.17) is 9.94 Å². The second-order valence-corrected chi connectivity index (χ2v) is 7.74. The molecule has 1 aromatic heterocycles. The van der Waals surface area contributed by atoms with Crippen LogP contribution in [0.5, 0.6) is 5.75 Å². The lowest BCUT2D eigenvalue weighted by atomic mass is 10.0. The lowest BCUT2D eigenvalue weighted by Crippen LogP contribution is -2.57. The molecule has 146 valence electrons. The van der Waals surface area contributed by atoms with Gasteiger partial charge >= 0.3 is 0 Å². The van der Waals surface area contributed by atoms with Crippen molar-refractivity contribution in [3.05, 3.63) is 30.1 Å². The van der Waals surface area contributed by atoms with Crippen LogP contribution in [0.4, 0.5) is 0 Å². The average Bonchev–Trinajstić information content (AvgIpc) is 3.19. The molecule has 0 saturated carbocycles. The van der Waals surface area contributed by atoms with E-state index in [9.17, 15) is 18.3 Å². The van der Waals surface area contributed by atoms with Crippen LogP contribution < -0.4 is 10.2 Å². The number of ether oxygens (including phenoxy) is 1. The Kier molecular flexibility index (Phi) is 5.65. The molecule has 1 aliphatic rings. The summed E-state index contributed by atoms with van der Waals surface area (Å²) in [6.45, 7) is 0.129. The molecule has 13 heteroatoms. The maximum Gasteiger partial charge on any atom is 0.264 e. The van der Waals surface area contributed by atoms with E-state index in [1.165, 1.54) is 29.7 Å². The van der Waals surface area contributed by atoms with Gasteiger partial charge in [-0.2, -0.15) is 4.31 Å². The second-order valence-electron chi connectivity index (χ2n) is 5.85. The van der Waals surface area contributed by atoms with Gasteiger partial charge in [-0.05, 0) is 47.5 Å². The van der Waals surface area contributed by atoms with Crippen molar-refractivity contribution >= 4 is 15.9 Å². The zero-order valence-electron chi connectivity index (χ0n) is 14.0. The van der Waals surface area contributed by atoms with Crippen LogP contribution in [0.1, 0.15) is 18.7 Å². The number of aliphatic hydroxyl groups is 1. The van der Waals surface area contributed by atoms with Crippen LogP contribution in [0.25, 0.3) is 0 Å². The highest BCUT2D eigenvalue weighted by Crippen LogP contribution is 2.27. The van der Waals surface area contributed by atoms with Crippen LogP contribution in [0.3, 0.4) is 0 Å². The Balaban J connectivity index is 1.78. The number of sulfonamides is 1. The SMILES string of the molecule is O=C(NO)[C@H]1[C@@H](O)CCCN1S(=O)(=O)c1ccc(OCc2nnn[nH]2)cc1. The molecule has 0 radical (unpaired) electrons. The van der Waals surface area contributed by atoms with Crippen molar-refractivity contribution in [2.45, 2.75) is 36.5 Å². The third-order valence-electron chi connectivity index (χ3n) is 4.13. The van der Waals surface area contributed by atoms with Gasteiger partial charge in [0.1, 0.15) is 18.4 Å². The molecule has 1 amide bonds. The van der Waals surface area contributed by atoms with E-state index in [1.807, 2.05) is 0 Å². The van der Waals surface area contributed by atoms with Crippen LogP contribution in [0.15, 0.2) is 29.2 Å². The molecule has 0 unspecified atom stereocenters. The monoisotopic (exact) mass is 398 g/mol. The second kappa shape index (κ2) is 7.96. The number of hydrogen-bond donors (Lipinski definition) is 4. The van der Waals surface area contributed by atoms with Gasteiger partial charge in [0, 0.05) is 6.54 Å². The Morgan fingerprint density at radius 1 is 1.37 bits per heavy atom. The van der Waals surface area contributed by atoms with Crippen LogP contribution >= 0.6 is 0 Å². The molecule has 2 aromatic rings. The molecule has 1 fully saturated rings. The van der Waals surface area contributed by atoms with Gasteiger partial charge < -0.3 is 9.84 Å².